The molecule has 0 aliphatic carbocycles. The Morgan fingerprint density at radius 2 is 1.05 bits per heavy atom. The van der Waals surface area contributed by atoms with E-state index in [9.17, 15) is 0 Å². The number of fused-ring (bicyclic) bond motifs is 6. The van der Waals surface area contributed by atoms with Gasteiger partial charge in [-0.15, -0.1) is 0 Å². The maximum atomic E-state index is 6.20. The van der Waals surface area contributed by atoms with Crippen LogP contribution in [0.3, 0.4) is 0 Å². The van der Waals surface area contributed by atoms with Gasteiger partial charge in [0, 0.05) is 38.5 Å². The third-order valence-corrected chi connectivity index (χ3v) is 11.1. The van der Waals surface area contributed by atoms with Crippen LogP contribution in [0.4, 0.5) is 0 Å². The van der Waals surface area contributed by atoms with E-state index in [4.69, 9.17) is 9.41 Å². The smallest absolute Gasteiger partial charge is 0.145 e. The average Bonchev–Trinajstić information content (AvgIpc) is 3.82. The van der Waals surface area contributed by atoms with Gasteiger partial charge in [-0.05, 0) is 75.9 Å². The zero-order chi connectivity index (χ0) is 37.0. The number of furan rings is 1. The SMILES string of the molecule is C1=C(c2ccc(-c3ccc(-c4ccccc4)cc3)cc2)NC(c2ccccc2)N=C1c1cccc2c1c1ccccc1n2-c1ccc2oc3ccccc3c2c1. The second-order valence-corrected chi connectivity index (χ2v) is 14.4. The van der Waals surface area contributed by atoms with Crippen LogP contribution in [0.25, 0.3) is 77.4 Å². The van der Waals surface area contributed by atoms with Crippen molar-refractivity contribution >= 4 is 55.2 Å². The number of aromatic nitrogens is 1. The van der Waals surface area contributed by atoms with Crippen LogP contribution in [0.15, 0.2) is 210 Å². The van der Waals surface area contributed by atoms with Crippen LogP contribution in [0.1, 0.15) is 22.9 Å². The molecule has 0 fully saturated rings. The fraction of sp³-hybridized carbons (Fsp3) is 0.0192. The zero-order valence-electron chi connectivity index (χ0n) is 30.4. The fourth-order valence-corrected chi connectivity index (χ4v) is 8.33. The summed E-state index contributed by atoms with van der Waals surface area (Å²) < 4.78 is 8.58. The second kappa shape index (κ2) is 13.2. The molecule has 8 aromatic carbocycles. The lowest BCUT2D eigenvalue weighted by molar-refractivity contribution is 0.664. The van der Waals surface area contributed by atoms with Crippen molar-refractivity contribution in [3.63, 3.8) is 0 Å². The van der Waals surface area contributed by atoms with Crippen LogP contribution in [0.2, 0.25) is 0 Å². The van der Waals surface area contributed by atoms with Crippen molar-refractivity contribution in [1.82, 2.24) is 9.88 Å². The molecule has 4 heteroatoms. The minimum Gasteiger partial charge on any atom is -0.456 e. The van der Waals surface area contributed by atoms with E-state index < -0.39 is 0 Å². The number of aliphatic imine (C=N–C) groups is 1. The zero-order valence-corrected chi connectivity index (χ0v) is 30.4. The van der Waals surface area contributed by atoms with Crippen LogP contribution in [-0.2, 0) is 0 Å². The van der Waals surface area contributed by atoms with Gasteiger partial charge in [-0.1, -0.05) is 158 Å². The minimum absolute atomic E-state index is 0.253. The predicted molar refractivity (Wildman–Crippen MR) is 232 cm³/mol. The summed E-state index contributed by atoms with van der Waals surface area (Å²) in [5.74, 6) is 0. The maximum absolute atomic E-state index is 6.20. The normalized spacial score (nSPS) is 14.2. The van der Waals surface area contributed by atoms with Crippen molar-refractivity contribution in [2.75, 3.05) is 0 Å². The Morgan fingerprint density at radius 1 is 0.464 bits per heavy atom. The molecule has 0 radical (unpaired) electrons. The number of allylic oxidation sites excluding steroid dienone is 1. The molecule has 0 saturated carbocycles. The van der Waals surface area contributed by atoms with Crippen molar-refractivity contribution in [1.29, 1.82) is 0 Å². The van der Waals surface area contributed by atoms with Crippen molar-refractivity contribution in [2.45, 2.75) is 6.17 Å². The number of benzene rings is 8. The van der Waals surface area contributed by atoms with E-state index >= 15 is 0 Å². The molecule has 11 rings (SSSR count). The van der Waals surface area contributed by atoms with Gasteiger partial charge in [-0.25, -0.2) is 0 Å². The van der Waals surface area contributed by atoms with E-state index in [1.807, 2.05) is 12.1 Å². The molecule has 2 aromatic heterocycles. The molecular formula is C52H35N3O. The van der Waals surface area contributed by atoms with Crippen LogP contribution in [-0.4, -0.2) is 10.3 Å². The Kier molecular flexibility index (Phi) is 7.52. The Bertz CT molecular complexity index is 3130. The van der Waals surface area contributed by atoms with E-state index in [2.05, 4.69) is 198 Å². The molecule has 1 N–H and O–H groups in total. The average molecular weight is 718 g/mol. The molecule has 0 saturated heterocycles. The number of nitrogens with one attached hydrogen (secondary N) is 1. The summed E-state index contributed by atoms with van der Waals surface area (Å²) in [4.78, 5) is 5.41. The van der Waals surface area contributed by atoms with Crippen LogP contribution in [0.5, 0.6) is 0 Å². The van der Waals surface area contributed by atoms with Gasteiger partial charge in [0.15, 0.2) is 0 Å². The molecule has 3 heterocycles. The largest absolute Gasteiger partial charge is 0.456 e. The number of para-hydroxylation sites is 2. The first-order chi connectivity index (χ1) is 27.7. The van der Waals surface area contributed by atoms with Crippen molar-refractivity contribution in [3.8, 4) is 27.9 Å². The Hall–Kier alpha value is -7.43. The van der Waals surface area contributed by atoms with Gasteiger partial charge in [-0.3, -0.25) is 4.99 Å². The third-order valence-electron chi connectivity index (χ3n) is 11.1. The number of nitrogens with zero attached hydrogens (tertiary/aromatic N) is 2. The quantitative estimate of drug-likeness (QED) is 0.186. The molecule has 4 nitrogen and oxygen atoms in total. The van der Waals surface area contributed by atoms with E-state index in [0.717, 1.165) is 66.8 Å². The molecule has 10 aromatic rings. The Balaban J connectivity index is 1.03. The standard InChI is InChI=1S/C52H35N3O/c1-3-12-34(13-4-1)35-22-24-36(25-23-35)37-26-28-38(29-27-37)45-33-46(54-52(53-45)39-14-5-2-6-15-39)42-18-11-20-48-51(42)43-17-7-9-19-47(43)55(48)40-30-31-50-44(32-40)41-16-8-10-21-49(41)56-50/h1-33,52-53H. The van der Waals surface area contributed by atoms with Crippen LogP contribution < -0.4 is 5.32 Å². The number of rotatable bonds is 6. The highest BCUT2D eigenvalue weighted by molar-refractivity contribution is 6.25. The minimum atomic E-state index is -0.253. The first-order valence-corrected chi connectivity index (χ1v) is 19.1. The highest BCUT2D eigenvalue weighted by Gasteiger charge is 2.23. The van der Waals surface area contributed by atoms with Gasteiger partial charge < -0.3 is 14.3 Å². The molecule has 1 unspecified atom stereocenters. The second-order valence-electron chi connectivity index (χ2n) is 14.4. The third kappa shape index (κ3) is 5.42. The Labute approximate surface area is 324 Å². The summed E-state index contributed by atoms with van der Waals surface area (Å²) in [5, 5.41) is 8.37. The molecule has 56 heavy (non-hydrogen) atoms. The lowest BCUT2D eigenvalue weighted by atomic mass is 9.96. The molecule has 0 bridgehead atoms. The van der Waals surface area contributed by atoms with Crippen LogP contribution in [0, 0.1) is 0 Å². The monoisotopic (exact) mass is 717 g/mol. The predicted octanol–water partition coefficient (Wildman–Crippen LogP) is 13.1. The lowest BCUT2D eigenvalue weighted by Crippen LogP contribution is -2.24. The van der Waals surface area contributed by atoms with E-state index in [0.29, 0.717) is 0 Å². The maximum Gasteiger partial charge on any atom is 0.145 e. The van der Waals surface area contributed by atoms with Crippen molar-refractivity contribution < 1.29 is 4.42 Å². The van der Waals surface area contributed by atoms with E-state index in [-0.39, 0.29) is 6.17 Å². The molecular weight excluding hydrogens is 683 g/mol. The highest BCUT2D eigenvalue weighted by Crippen LogP contribution is 2.38. The molecule has 1 aliphatic heterocycles. The summed E-state index contributed by atoms with van der Waals surface area (Å²) >= 11 is 0. The van der Waals surface area contributed by atoms with Crippen molar-refractivity contribution in [2.24, 2.45) is 4.99 Å². The summed E-state index contributed by atoms with van der Waals surface area (Å²) in [6.45, 7) is 0. The fourth-order valence-electron chi connectivity index (χ4n) is 8.33. The lowest BCUT2D eigenvalue weighted by Gasteiger charge is -2.25. The van der Waals surface area contributed by atoms with Gasteiger partial charge in [0.25, 0.3) is 0 Å². The molecule has 1 aliphatic rings. The number of hydrogen-bond acceptors (Lipinski definition) is 3. The van der Waals surface area contributed by atoms with E-state index in [1.165, 1.54) is 33.0 Å². The summed E-state index contributed by atoms with van der Waals surface area (Å²) in [6, 6.07) is 68.8. The van der Waals surface area contributed by atoms with Crippen LogP contribution >= 0.6 is 0 Å². The molecule has 264 valence electrons. The number of hydrogen-bond donors (Lipinski definition) is 1. The van der Waals surface area contributed by atoms with Crippen molar-refractivity contribution in [3.05, 3.63) is 217 Å². The Morgan fingerprint density at radius 3 is 1.80 bits per heavy atom. The van der Waals surface area contributed by atoms with Gasteiger partial charge in [0.2, 0.25) is 0 Å². The summed E-state index contributed by atoms with van der Waals surface area (Å²) in [6.07, 6.45) is 1.96. The first kappa shape index (κ1) is 32.0. The first-order valence-electron chi connectivity index (χ1n) is 19.1. The molecule has 0 spiro atoms. The van der Waals surface area contributed by atoms with E-state index in [1.54, 1.807) is 0 Å². The van der Waals surface area contributed by atoms with Gasteiger partial charge in [-0.2, -0.15) is 0 Å². The summed E-state index contributed by atoms with van der Waals surface area (Å²) in [7, 11) is 0. The summed E-state index contributed by atoms with van der Waals surface area (Å²) in [5.41, 5.74) is 15.3. The van der Waals surface area contributed by atoms with Gasteiger partial charge in [0.1, 0.15) is 17.3 Å². The molecule has 1 atom stereocenters. The topological polar surface area (TPSA) is 42.5 Å². The molecule has 0 amide bonds. The highest BCUT2D eigenvalue weighted by atomic mass is 16.3. The van der Waals surface area contributed by atoms with Gasteiger partial charge >= 0.3 is 0 Å². The van der Waals surface area contributed by atoms with Gasteiger partial charge in [0.05, 0.1) is 16.7 Å².